The molecule has 0 aromatic heterocycles. The number of hydrogen-bond donors (Lipinski definition) is 3. The summed E-state index contributed by atoms with van der Waals surface area (Å²) in [6.07, 6.45) is 10.6. The third kappa shape index (κ3) is 17.5. The lowest BCUT2D eigenvalue weighted by atomic mass is 10.1. The first-order chi connectivity index (χ1) is 10.8. The van der Waals surface area contributed by atoms with E-state index in [0.717, 1.165) is 44.9 Å². The Kier molecular flexibility index (Phi) is 13.3. The van der Waals surface area contributed by atoms with E-state index in [1.807, 2.05) is 0 Å². The maximum absolute atomic E-state index is 11.4. The zero-order valence-corrected chi connectivity index (χ0v) is 14.6. The smallest absolute Gasteiger partial charge is 0.463 e. The van der Waals surface area contributed by atoms with Crippen molar-refractivity contribution in [1.29, 1.82) is 0 Å². The predicted octanol–water partition coefficient (Wildman–Crippen LogP) is 2.70. The van der Waals surface area contributed by atoms with Crippen LogP contribution in [0.25, 0.3) is 0 Å². The summed E-state index contributed by atoms with van der Waals surface area (Å²) >= 11 is 0. The first kappa shape index (κ1) is 22.3. The minimum atomic E-state index is -4.61. The van der Waals surface area contributed by atoms with Crippen LogP contribution in [0.4, 0.5) is 0 Å². The van der Waals surface area contributed by atoms with E-state index in [9.17, 15) is 14.5 Å². The number of aliphatic hydroxyl groups is 1. The molecular weight excluding hydrogens is 323 g/mol. The largest absolute Gasteiger partial charge is 0.469 e. The van der Waals surface area contributed by atoms with E-state index < -0.39 is 26.5 Å². The molecule has 23 heavy (non-hydrogen) atoms. The first-order valence-corrected chi connectivity index (χ1v) is 9.57. The van der Waals surface area contributed by atoms with Crippen molar-refractivity contribution in [3.05, 3.63) is 12.2 Å². The van der Waals surface area contributed by atoms with Gasteiger partial charge in [0.15, 0.2) is 0 Å². The number of hydrogen-bond acceptors (Lipinski definition) is 5. The van der Waals surface area contributed by atoms with Gasteiger partial charge >= 0.3 is 13.8 Å². The molecule has 0 aliphatic rings. The van der Waals surface area contributed by atoms with Gasteiger partial charge in [-0.1, -0.05) is 38.3 Å². The summed E-state index contributed by atoms with van der Waals surface area (Å²) in [6, 6.07) is 0. The van der Waals surface area contributed by atoms with Crippen LogP contribution < -0.4 is 0 Å². The van der Waals surface area contributed by atoms with Gasteiger partial charge in [-0.2, -0.15) is 0 Å². The van der Waals surface area contributed by atoms with Crippen molar-refractivity contribution in [2.45, 2.75) is 64.4 Å². The topological polar surface area (TPSA) is 113 Å². The van der Waals surface area contributed by atoms with Crippen molar-refractivity contribution in [3.63, 3.8) is 0 Å². The monoisotopic (exact) mass is 352 g/mol. The highest BCUT2D eigenvalue weighted by molar-refractivity contribution is 7.46. The van der Waals surface area contributed by atoms with Crippen molar-refractivity contribution in [1.82, 2.24) is 0 Å². The van der Waals surface area contributed by atoms with E-state index in [-0.39, 0.29) is 13.0 Å². The van der Waals surface area contributed by atoms with Gasteiger partial charge in [0.05, 0.1) is 6.61 Å². The zero-order chi connectivity index (χ0) is 17.6. The molecule has 0 aliphatic carbocycles. The molecule has 0 radical (unpaired) electrons. The molecule has 0 bridgehead atoms. The third-order valence-electron chi connectivity index (χ3n) is 3.03. The Labute approximate surface area is 137 Å². The fraction of sp³-hybridized carbons (Fsp3) is 0.800. The number of carbonyl (C=O) groups is 1. The molecule has 1 atom stereocenters. The van der Waals surface area contributed by atoms with Crippen LogP contribution in [0.2, 0.25) is 0 Å². The minimum Gasteiger partial charge on any atom is -0.463 e. The van der Waals surface area contributed by atoms with Gasteiger partial charge in [0, 0.05) is 6.42 Å². The number of ether oxygens (including phenoxy) is 1. The SMILES string of the molecule is CC/C=C/CCCCCCCC(=O)OC[C@@H](O)COP(=O)(O)O. The van der Waals surface area contributed by atoms with E-state index in [4.69, 9.17) is 14.5 Å². The van der Waals surface area contributed by atoms with Crippen molar-refractivity contribution in [2.24, 2.45) is 0 Å². The summed E-state index contributed by atoms with van der Waals surface area (Å²) in [5.74, 6) is -0.425. The average Bonchev–Trinajstić information content (AvgIpc) is 2.48. The number of allylic oxidation sites excluding steroid dienone is 2. The maximum atomic E-state index is 11.4. The highest BCUT2D eigenvalue weighted by atomic mass is 31.2. The van der Waals surface area contributed by atoms with E-state index >= 15 is 0 Å². The Morgan fingerprint density at radius 3 is 2.39 bits per heavy atom. The fourth-order valence-electron chi connectivity index (χ4n) is 1.84. The molecule has 0 aromatic rings. The highest BCUT2D eigenvalue weighted by Gasteiger charge is 2.17. The molecule has 0 amide bonds. The molecule has 0 aliphatic heterocycles. The molecule has 0 saturated heterocycles. The predicted molar refractivity (Wildman–Crippen MR) is 86.7 cm³/mol. The van der Waals surface area contributed by atoms with Gasteiger partial charge in [-0.25, -0.2) is 4.57 Å². The molecule has 0 aromatic carbocycles. The quantitative estimate of drug-likeness (QED) is 0.191. The Bertz CT molecular complexity index is 378. The number of aliphatic hydroxyl groups excluding tert-OH is 1. The molecule has 3 N–H and O–H groups in total. The van der Waals surface area contributed by atoms with Crippen LogP contribution in [0, 0.1) is 0 Å². The Morgan fingerprint density at radius 2 is 1.74 bits per heavy atom. The number of phosphoric ester groups is 1. The number of carbonyl (C=O) groups excluding carboxylic acids is 1. The summed E-state index contributed by atoms with van der Waals surface area (Å²) in [7, 11) is -4.61. The molecule has 0 spiro atoms. The van der Waals surface area contributed by atoms with Crippen LogP contribution in [0.15, 0.2) is 12.2 Å². The summed E-state index contributed by atoms with van der Waals surface area (Å²) in [5, 5.41) is 9.34. The molecule has 7 nitrogen and oxygen atoms in total. The van der Waals surface area contributed by atoms with E-state index in [1.54, 1.807) is 0 Å². The molecule has 0 fully saturated rings. The van der Waals surface area contributed by atoms with Gasteiger partial charge in [-0.15, -0.1) is 0 Å². The number of phosphoric acid groups is 1. The van der Waals surface area contributed by atoms with Crippen molar-refractivity contribution < 1.29 is 33.5 Å². The van der Waals surface area contributed by atoms with Gasteiger partial charge in [0.2, 0.25) is 0 Å². The second-order valence-electron chi connectivity index (χ2n) is 5.31. The number of unbranched alkanes of at least 4 members (excludes halogenated alkanes) is 5. The lowest BCUT2D eigenvalue weighted by Crippen LogP contribution is -2.23. The third-order valence-corrected chi connectivity index (χ3v) is 3.51. The zero-order valence-electron chi connectivity index (χ0n) is 13.7. The second kappa shape index (κ2) is 13.7. The van der Waals surface area contributed by atoms with Crippen LogP contribution in [0.1, 0.15) is 58.3 Å². The standard InChI is InChI=1S/C15H29O7P/c1-2-3-4-5-6-7-8-9-10-11-15(17)21-12-14(16)13-22-23(18,19)20/h3-4,14,16H,2,5-13H2,1H3,(H2,18,19,20)/b4-3+/t14-/m1/s1. The lowest BCUT2D eigenvalue weighted by Gasteiger charge is -2.12. The van der Waals surface area contributed by atoms with Crippen LogP contribution in [-0.2, 0) is 18.6 Å². The van der Waals surface area contributed by atoms with Crippen LogP contribution in [-0.4, -0.2) is 40.2 Å². The Balaban J connectivity index is 3.46. The molecule has 8 heteroatoms. The minimum absolute atomic E-state index is 0.280. The Hall–Kier alpha value is -0.720. The number of esters is 1. The maximum Gasteiger partial charge on any atom is 0.469 e. The van der Waals surface area contributed by atoms with E-state index in [2.05, 4.69) is 23.6 Å². The summed E-state index contributed by atoms with van der Waals surface area (Å²) in [6.45, 7) is 1.20. The van der Waals surface area contributed by atoms with Gasteiger partial charge < -0.3 is 19.6 Å². The van der Waals surface area contributed by atoms with Crippen molar-refractivity contribution in [2.75, 3.05) is 13.2 Å². The van der Waals surface area contributed by atoms with Crippen LogP contribution >= 0.6 is 7.82 Å². The van der Waals surface area contributed by atoms with Gasteiger partial charge in [0.1, 0.15) is 12.7 Å². The summed E-state index contributed by atoms with van der Waals surface area (Å²) < 4.78 is 19.3. The molecule has 136 valence electrons. The summed E-state index contributed by atoms with van der Waals surface area (Å²) in [4.78, 5) is 28.3. The van der Waals surface area contributed by atoms with E-state index in [1.165, 1.54) is 0 Å². The first-order valence-electron chi connectivity index (χ1n) is 8.04. The second-order valence-corrected chi connectivity index (χ2v) is 6.55. The van der Waals surface area contributed by atoms with Gasteiger partial charge in [-0.05, 0) is 25.7 Å². The molecular formula is C15H29O7P. The summed E-state index contributed by atoms with van der Waals surface area (Å²) in [5.41, 5.74) is 0. The van der Waals surface area contributed by atoms with Crippen LogP contribution in [0.5, 0.6) is 0 Å². The van der Waals surface area contributed by atoms with Crippen molar-refractivity contribution >= 4 is 13.8 Å². The normalized spacial score (nSPS) is 13.4. The molecule has 0 heterocycles. The van der Waals surface area contributed by atoms with Crippen LogP contribution in [0.3, 0.4) is 0 Å². The lowest BCUT2D eigenvalue weighted by molar-refractivity contribution is -0.147. The molecule has 0 unspecified atom stereocenters. The number of rotatable bonds is 14. The average molecular weight is 352 g/mol. The molecule has 0 rings (SSSR count). The molecule has 0 saturated carbocycles. The highest BCUT2D eigenvalue weighted by Crippen LogP contribution is 2.35. The Morgan fingerprint density at radius 1 is 1.09 bits per heavy atom. The van der Waals surface area contributed by atoms with Gasteiger partial charge in [-0.3, -0.25) is 9.32 Å². The van der Waals surface area contributed by atoms with Gasteiger partial charge in [0.25, 0.3) is 0 Å². The fourth-order valence-corrected chi connectivity index (χ4v) is 2.21. The van der Waals surface area contributed by atoms with E-state index in [0.29, 0.717) is 0 Å². The van der Waals surface area contributed by atoms with Crippen molar-refractivity contribution in [3.8, 4) is 0 Å².